The first-order valence-electron chi connectivity index (χ1n) is 5.76. The Morgan fingerprint density at radius 3 is 2.70 bits per heavy atom. The fourth-order valence-electron chi connectivity index (χ4n) is 1.52. The van der Waals surface area contributed by atoms with Crippen molar-refractivity contribution in [1.82, 2.24) is 5.32 Å². The molecular weight excluding hydrogens is 282 g/mol. The fraction of sp³-hybridized carbons (Fsp3) is 0.308. The topological polar surface area (TPSA) is 91.2 Å². The molecule has 0 aliphatic carbocycles. The van der Waals surface area contributed by atoms with Gasteiger partial charge in [-0.2, -0.15) is 5.26 Å². The molecule has 1 atom stereocenters. The molecule has 0 aromatic heterocycles. The Balaban J connectivity index is 2.74. The summed E-state index contributed by atoms with van der Waals surface area (Å²) in [6.45, 7) is 1.43. The molecule has 0 radical (unpaired) electrons. The highest BCUT2D eigenvalue weighted by Crippen LogP contribution is 2.22. The SMILES string of the molecule is COC(=O)C(CNc1ccc(C#N)cc1Cl)NC(C)=O. The molecular formula is C13H14ClN3O3. The van der Waals surface area contributed by atoms with Crippen LogP contribution in [0.2, 0.25) is 5.02 Å². The van der Waals surface area contributed by atoms with E-state index in [9.17, 15) is 9.59 Å². The summed E-state index contributed by atoms with van der Waals surface area (Å²) >= 11 is 5.99. The van der Waals surface area contributed by atoms with E-state index in [-0.39, 0.29) is 12.5 Å². The fourth-order valence-corrected chi connectivity index (χ4v) is 1.77. The number of anilines is 1. The molecule has 0 saturated heterocycles. The highest BCUT2D eigenvalue weighted by Gasteiger charge is 2.20. The lowest BCUT2D eigenvalue weighted by Crippen LogP contribution is -2.45. The summed E-state index contributed by atoms with van der Waals surface area (Å²) in [6, 6.07) is 5.89. The highest BCUT2D eigenvalue weighted by atomic mass is 35.5. The van der Waals surface area contributed by atoms with Crippen molar-refractivity contribution in [2.45, 2.75) is 13.0 Å². The number of amides is 1. The van der Waals surface area contributed by atoms with Crippen molar-refractivity contribution in [2.24, 2.45) is 0 Å². The van der Waals surface area contributed by atoms with E-state index in [0.29, 0.717) is 16.3 Å². The van der Waals surface area contributed by atoms with Crippen molar-refractivity contribution >= 4 is 29.2 Å². The van der Waals surface area contributed by atoms with Crippen LogP contribution in [0.15, 0.2) is 18.2 Å². The molecule has 7 heteroatoms. The lowest BCUT2D eigenvalue weighted by molar-refractivity contribution is -0.144. The van der Waals surface area contributed by atoms with Gasteiger partial charge in [-0.15, -0.1) is 0 Å². The van der Waals surface area contributed by atoms with E-state index in [1.807, 2.05) is 6.07 Å². The van der Waals surface area contributed by atoms with E-state index in [4.69, 9.17) is 16.9 Å². The van der Waals surface area contributed by atoms with Gasteiger partial charge in [-0.25, -0.2) is 4.79 Å². The summed E-state index contributed by atoms with van der Waals surface area (Å²) in [4.78, 5) is 22.5. The predicted molar refractivity (Wildman–Crippen MR) is 74.3 cm³/mol. The maximum absolute atomic E-state index is 11.5. The first-order valence-corrected chi connectivity index (χ1v) is 6.14. The maximum Gasteiger partial charge on any atom is 0.330 e. The zero-order valence-electron chi connectivity index (χ0n) is 11.1. The lowest BCUT2D eigenvalue weighted by atomic mass is 10.2. The quantitative estimate of drug-likeness (QED) is 0.799. The van der Waals surface area contributed by atoms with E-state index in [1.54, 1.807) is 12.1 Å². The number of nitriles is 1. The van der Waals surface area contributed by atoms with Gasteiger partial charge in [-0.1, -0.05) is 11.6 Å². The molecule has 1 aromatic carbocycles. The number of carbonyl (C=O) groups excluding carboxylic acids is 2. The van der Waals surface area contributed by atoms with Crippen molar-refractivity contribution in [2.75, 3.05) is 19.0 Å². The summed E-state index contributed by atoms with van der Waals surface area (Å²) in [6.07, 6.45) is 0. The van der Waals surface area contributed by atoms with Crippen LogP contribution in [0.5, 0.6) is 0 Å². The standard InChI is InChI=1S/C13H14ClN3O3/c1-8(18)17-12(13(19)20-2)7-16-11-4-3-9(6-15)5-10(11)14/h3-5,12,16H,7H2,1-2H3,(H,17,18). The number of esters is 1. The molecule has 0 heterocycles. The van der Waals surface area contributed by atoms with Crippen LogP contribution in [-0.4, -0.2) is 31.6 Å². The lowest BCUT2D eigenvalue weighted by Gasteiger charge is -2.17. The summed E-state index contributed by atoms with van der Waals surface area (Å²) in [5.74, 6) is -0.898. The molecule has 106 valence electrons. The predicted octanol–water partition coefficient (Wildman–Crippen LogP) is 1.30. The number of ether oxygens (including phenoxy) is 1. The Kier molecular flexibility index (Phi) is 5.81. The van der Waals surface area contributed by atoms with Crippen LogP contribution in [0.1, 0.15) is 12.5 Å². The van der Waals surface area contributed by atoms with Gasteiger partial charge in [-0.05, 0) is 18.2 Å². The third-order valence-electron chi connectivity index (χ3n) is 2.46. The molecule has 0 aliphatic heterocycles. The molecule has 1 rings (SSSR count). The van der Waals surface area contributed by atoms with E-state index >= 15 is 0 Å². The normalized spacial score (nSPS) is 11.1. The van der Waals surface area contributed by atoms with E-state index in [2.05, 4.69) is 15.4 Å². The largest absolute Gasteiger partial charge is 0.467 e. The Hall–Kier alpha value is -2.26. The second-order valence-electron chi connectivity index (χ2n) is 3.96. The van der Waals surface area contributed by atoms with Crippen LogP contribution in [-0.2, 0) is 14.3 Å². The van der Waals surface area contributed by atoms with Gasteiger partial charge in [0.1, 0.15) is 6.04 Å². The number of nitrogens with one attached hydrogen (secondary N) is 2. The molecule has 1 unspecified atom stereocenters. The van der Waals surface area contributed by atoms with Gasteiger partial charge < -0.3 is 15.4 Å². The van der Waals surface area contributed by atoms with Crippen LogP contribution in [0.25, 0.3) is 0 Å². The number of halogens is 1. The molecule has 0 bridgehead atoms. The van der Waals surface area contributed by atoms with Gasteiger partial charge >= 0.3 is 5.97 Å². The van der Waals surface area contributed by atoms with Gasteiger partial charge in [0.05, 0.1) is 29.5 Å². The van der Waals surface area contributed by atoms with Crippen molar-refractivity contribution in [3.05, 3.63) is 28.8 Å². The minimum absolute atomic E-state index is 0.123. The van der Waals surface area contributed by atoms with Crippen molar-refractivity contribution in [3.8, 4) is 6.07 Å². The third kappa shape index (κ3) is 4.44. The summed E-state index contributed by atoms with van der Waals surface area (Å²) in [7, 11) is 1.24. The first kappa shape index (κ1) is 15.8. The van der Waals surface area contributed by atoms with Gasteiger partial charge in [0.2, 0.25) is 5.91 Å². The zero-order chi connectivity index (χ0) is 15.1. The minimum Gasteiger partial charge on any atom is -0.467 e. The Bertz CT molecular complexity index is 554. The number of rotatable bonds is 5. The Morgan fingerprint density at radius 2 is 2.20 bits per heavy atom. The molecule has 1 amide bonds. The Labute approximate surface area is 121 Å². The molecule has 0 spiro atoms. The van der Waals surface area contributed by atoms with Gasteiger partial charge in [0, 0.05) is 13.5 Å². The van der Waals surface area contributed by atoms with E-state index < -0.39 is 12.0 Å². The van der Waals surface area contributed by atoms with Crippen molar-refractivity contribution in [3.63, 3.8) is 0 Å². The number of benzene rings is 1. The smallest absolute Gasteiger partial charge is 0.330 e. The van der Waals surface area contributed by atoms with Crippen LogP contribution in [0.4, 0.5) is 5.69 Å². The molecule has 0 saturated carbocycles. The van der Waals surface area contributed by atoms with Crippen LogP contribution < -0.4 is 10.6 Å². The van der Waals surface area contributed by atoms with Gasteiger partial charge in [0.25, 0.3) is 0 Å². The van der Waals surface area contributed by atoms with E-state index in [1.165, 1.54) is 20.1 Å². The highest BCUT2D eigenvalue weighted by molar-refractivity contribution is 6.33. The molecule has 20 heavy (non-hydrogen) atoms. The van der Waals surface area contributed by atoms with Crippen LogP contribution >= 0.6 is 11.6 Å². The monoisotopic (exact) mass is 295 g/mol. The molecule has 0 aliphatic rings. The number of methoxy groups -OCH3 is 1. The number of carbonyl (C=O) groups is 2. The van der Waals surface area contributed by atoms with E-state index in [0.717, 1.165) is 0 Å². The third-order valence-corrected chi connectivity index (χ3v) is 2.77. The second kappa shape index (κ2) is 7.36. The van der Waals surface area contributed by atoms with Crippen LogP contribution in [0.3, 0.4) is 0 Å². The van der Waals surface area contributed by atoms with Crippen molar-refractivity contribution in [1.29, 1.82) is 5.26 Å². The van der Waals surface area contributed by atoms with Gasteiger partial charge in [0.15, 0.2) is 0 Å². The molecule has 2 N–H and O–H groups in total. The van der Waals surface area contributed by atoms with Crippen molar-refractivity contribution < 1.29 is 14.3 Å². The summed E-state index contributed by atoms with van der Waals surface area (Å²) < 4.78 is 4.60. The number of nitrogens with zero attached hydrogens (tertiary/aromatic N) is 1. The number of hydrogen-bond donors (Lipinski definition) is 2. The maximum atomic E-state index is 11.5. The van der Waals surface area contributed by atoms with Crippen LogP contribution in [0, 0.1) is 11.3 Å². The molecule has 1 aromatic rings. The minimum atomic E-state index is -0.816. The molecule has 0 fully saturated rings. The average Bonchev–Trinajstić information content (AvgIpc) is 2.43. The molecule has 6 nitrogen and oxygen atoms in total. The second-order valence-corrected chi connectivity index (χ2v) is 4.37. The van der Waals surface area contributed by atoms with Gasteiger partial charge in [-0.3, -0.25) is 4.79 Å². The summed E-state index contributed by atoms with van der Waals surface area (Å²) in [5.41, 5.74) is 0.997. The summed E-state index contributed by atoms with van der Waals surface area (Å²) in [5, 5.41) is 14.5. The zero-order valence-corrected chi connectivity index (χ0v) is 11.8. The Morgan fingerprint density at radius 1 is 1.50 bits per heavy atom. The average molecular weight is 296 g/mol. The first-order chi connectivity index (χ1) is 9.47. The number of hydrogen-bond acceptors (Lipinski definition) is 5.